The normalized spacial score (nSPS) is 10.4. The fraction of sp³-hybridized carbons (Fsp3) is 0.267. The number of aromatic nitrogens is 1. The molecule has 1 heterocycles. The van der Waals surface area contributed by atoms with Crippen LogP contribution in [-0.2, 0) is 17.9 Å². The van der Waals surface area contributed by atoms with Gasteiger partial charge in [-0.15, -0.1) is 0 Å². The van der Waals surface area contributed by atoms with Gasteiger partial charge in [-0.05, 0) is 41.1 Å². The first-order valence-corrected chi connectivity index (χ1v) is 7.09. The van der Waals surface area contributed by atoms with E-state index < -0.39 is 0 Å². The summed E-state index contributed by atoms with van der Waals surface area (Å²) in [6.45, 7) is 4.06. The van der Waals surface area contributed by atoms with Gasteiger partial charge in [0.1, 0.15) is 0 Å². The van der Waals surface area contributed by atoms with Gasteiger partial charge < -0.3 is 10.1 Å². The molecule has 3 nitrogen and oxygen atoms in total. The first kappa shape index (κ1) is 14.0. The molecule has 0 aliphatic heterocycles. The van der Waals surface area contributed by atoms with Gasteiger partial charge >= 0.3 is 0 Å². The lowest BCUT2D eigenvalue weighted by atomic mass is 10.2. The molecule has 1 N–H and O–H groups in total. The number of nitrogens with one attached hydrogen (secondary N) is 1. The summed E-state index contributed by atoms with van der Waals surface area (Å²) in [5.41, 5.74) is 3.27. The van der Waals surface area contributed by atoms with E-state index in [0.29, 0.717) is 13.2 Å². The molecule has 19 heavy (non-hydrogen) atoms. The second-order valence-corrected chi connectivity index (χ2v) is 5.03. The van der Waals surface area contributed by atoms with Gasteiger partial charge in [0.05, 0.1) is 18.8 Å². The van der Waals surface area contributed by atoms with Gasteiger partial charge in [0.2, 0.25) is 0 Å². The smallest absolute Gasteiger partial charge is 0.0736 e. The quantitative estimate of drug-likeness (QED) is 0.873. The van der Waals surface area contributed by atoms with E-state index in [4.69, 9.17) is 4.74 Å². The van der Waals surface area contributed by atoms with Crippen LogP contribution in [0.5, 0.6) is 0 Å². The Kier molecular flexibility index (Phi) is 5.36. The van der Waals surface area contributed by atoms with E-state index in [9.17, 15) is 0 Å². The van der Waals surface area contributed by atoms with Crippen LogP contribution in [0.3, 0.4) is 0 Å². The average Bonchev–Trinajstić information content (AvgIpc) is 2.45. The highest BCUT2D eigenvalue weighted by Crippen LogP contribution is 2.17. The second kappa shape index (κ2) is 7.26. The van der Waals surface area contributed by atoms with Crippen molar-refractivity contribution < 1.29 is 4.74 Å². The predicted molar refractivity (Wildman–Crippen MR) is 81.0 cm³/mol. The summed E-state index contributed by atoms with van der Waals surface area (Å²) in [6.07, 6.45) is 1.81. The number of anilines is 1. The summed E-state index contributed by atoms with van der Waals surface area (Å²) in [4.78, 5) is 4.34. The van der Waals surface area contributed by atoms with Crippen LogP contribution in [0.15, 0.2) is 47.1 Å². The molecule has 0 saturated heterocycles. The monoisotopic (exact) mass is 320 g/mol. The number of halogens is 1. The summed E-state index contributed by atoms with van der Waals surface area (Å²) in [5, 5.41) is 3.40. The number of para-hydroxylation sites is 1. The Morgan fingerprint density at radius 3 is 2.79 bits per heavy atom. The third-order valence-electron chi connectivity index (χ3n) is 2.73. The maximum atomic E-state index is 5.47. The lowest BCUT2D eigenvalue weighted by Crippen LogP contribution is -2.04. The van der Waals surface area contributed by atoms with Crippen LogP contribution < -0.4 is 5.32 Å². The molecule has 0 spiro atoms. The zero-order chi connectivity index (χ0) is 13.5. The molecule has 2 rings (SSSR count). The van der Waals surface area contributed by atoms with Crippen molar-refractivity contribution in [3.63, 3.8) is 0 Å². The number of rotatable bonds is 6. The molecule has 0 amide bonds. The number of hydrogen-bond acceptors (Lipinski definition) is 3. The number of benzene rings is 1. The summed E-state index contributed by atoms with van der Waals surface area (Å²) >= 11 is 3.38. The van der Waals surface area contributed by atoms with Crippen LogP contribution in [0.4, 0.5) is 5.69 Å². The standard InChI is InChI=1S/C15H17BrN2O/c1-2-19-11-12-5-3-4-6-15(12)18-10-14-8-7-13(16)9-17-14/h3-9,18H,2,10-11H2,1H3. The van der Waals surface area contributed by atoms with E-state index in [2.05, 4.69) is 38.4 Å². The van der Waals surface area contributed by atoms with Gasteiger partial charge in [-0.3, -0.25) is 4.98 Å². The number of pyridine rings is 1. The van der Waals surface area contributed by atoms with Gasteiger partial charge in [0.15, 0.2) is 0 Å². The van der Waals surface area contributed by atoms with Gasteiger partial charge in [-0.2, -0.15) is 0 Å². The largest absolute Gasteiger partial charge is 0.379 e. The molecule has 0 bridgehead atoms. The van der Waals surface area contributed by atoms with E-state index in [1.807, 2.05) is 37.4 Å². The molecule has 0 aliphatic rings. The Morgan fingerprint density at radius 2 is 2.05 bits per heavy atom. The Bertz CT molecular complexity index is 514. The van der Waals surface area contributed by atoms with Crippen LogP contribution in [0.2, 0.25) is 0 Å². The van der Waals surface area contributed by atoms with Crippen molar-refractivity contribution in [2.45, 2.75) is 20.1 Å². The lowest BCUT2D eigenvalue weighted by molar-refractivity contribution is 0.134. The van der Waals surface area contributed by atoms with Gasteiger partial charge in [-0.1, -0.05) is 18.2 Å². The minimum Gasteiger partial charge on any atom is -0.379 e. The molecule has 0 fully saturated rings. The average molecular weight is 321 g/mol. The van der Waals surface area contributed by atoms with Gasteiger partial charge in [0.25, 0.3) is 0 Å². The maximum absolute atomic E-state index is 5.47. The lowest BCUT2D eigenvalue weighted by Gasteiger charge is -2.11. The van der Waals surface area contributed by atoms with Crippen molar-refractivity contribution in [2.75, 3.05) is 11.9 Å². The van der Waals surface area contributed by atoms with Crippen LogP contribution in [-0.4, -0.2) is 11.6 Å². The van der Waals surface area contributed by atoms with Gasteiger partial charge in [-0.25, -0.2) is 0 Å². The fourth-order valence-electron chi connectivity index (χ4n) is 1.73. The fourth-order valence-corrected chi connectivity index (χ4v) is 1.96. The van der Waals surface area contributed by atoms with Crippen LogP contribution in [0.25, 0.3) is 0 Å². The van der Waals surface area contributed by atoms with Crippen molar-refractivity contribution in [2.24, 2.45) is 0 Å². The molecule has 0 aliphatic carbocycles. The highest BCUT2D eigenvalue weighted by atomic mass is 79.9. The molecule has 0 unspecified atom stereocenters. The van der Waals surface area contributed by atoms with E-state index in [-0.39, 0.29) is 0 Å². The first-order chi connectivity index (χ1) is 9.29. The zero-order valence-corrected chi connectivity index (χ0v) is 12.5. The van der Waals surface area contributed by atoms with Crippen molar-refractivity contribution in [3.8, 4) is 0 Å². The zero-order valence-electron chi connectivity index (χ0n) is 10.9. The Balaban J connectivity index is 2.00. The molecular formula is C15H17BrN2O. The predicted octanol–water partition coefficient (Wildman–Crippen LogP) is 3.99. The second-order valence-electron chi connectivity index (χ2n) is 4.12. The van der Waals surface area contributed by atoms with Gasteiger partial charge in [0, 0.05) is 28.5 Å². The highest BCUT2D eigenvalue weighted by Gasteiger charge is 2.02. The van der Waals surface area contributed by atoms with E-state index >= 15 is 0 Å². The summed E-state index contributed by atoms with van der Waals surface area (Å²) < 4.78 is 6.46. The number of ether oxygens (including phenoxy) is 1. The van der Waals surface area contributed by atoms with Crippen LogP contribution >= 0.6 is 15.9 Å². The molecule has 2 aromatic rings. The third-order valence-corrected chi connectivity index (χ3v) is 3.20. The highest BCUT2D eigenvalue weighted by molar-refractivity contribution is 9.10. The minimum absolute atomic E-state index is 0.632. The molecule has 1 aromatic heterocycles. The Labute approximate surface area is 122 Å². The number of nitrogens with zero attached hydrogens (tertiary/aromatic N) is 1. The van der Waals surface area contributed by atoms with Crippen molar-refractivity contribution in [3.05, 3.63) is 58.3 Å². The van der Waals surface area contributed by atoms with E-state index in [1.165, 1.54) is 5.56 Å². The topological polar surface area (TPSA) is 34.1 Å². The molecule has 100 valence electrons. The Hall–Kier alpha value is -1.39. The first-order valence-electron chi connectivity index (χ1n) is 6.29. The van der Waals surface area contributed by atoms with E-state index in [1.54, 1.807) is 0 Å². The molecule has 0 saturated carbocycles. The molecule has 1 aromatic carbocycles. The summed E-state index contributed by atoms with van der Waals surface area (Å²) in [6, 6.07) is 12.2. The third kappa shape index (κ3) is 4.33. The minimum atomic E-state index is 0.632. The van der Waals surface area contributed by atoms with Crippen molar-refractivity contribution in [1.29, 1.82) is 0 Å². The molecule has 0 radical (unpaired) electrons. The maximum Gasteiger partial charge on any atom is 0.0736 e. The summed E-state index contributed by atoms with van der Waals surface area (Å²) in [7, 11) is 0. The summed E-state index contributed by atoms with van der Waals surface area (Å²) in [5.74, 6) is 0. The number of hydrogen-bond donors (Lipinski definition) is 1. The Morgan fingerprint density at radius 1 is 1.21 bits per heavy atom. The molecule has 4 heteroatoms. The van der Waals surface area contributed by atoms with E-state index in [0.717, 1.165) is 22.5 Å². The van der Waals surface area contributed by atoms with Crippen LogP contribution in [0.1, 0.15) is 18.2 Å². The molecular weight excluding hydrogens is 304 g/mol. The SMILES string of the molecule is CCOCc1ccccc1NCc1ccc(Br)cn1. The van der Waals surface area contributed by atoms with Crippen molar-refractivity contribution >= 4 is 21.6 Å². The van der Waals surface area contributed by atoms with Crippen molar-refractivity contribution in [1.82, 2.24) is 4.98 Å². The van der Waals surface area contributed by atoms with Crippen LogP contribution in [0, 0.1) is 0 Å². The molecule has 0 atom stereocenters.